The Morgan fingerprint density at radius 2 is 1.77 bits per heavy atom. The summed E-state index contributed by atoms with van der Waals surface area (Å²) >= 11 is 0. The molecule has 8 nitrogen and oxygen atoms in total. The summed E-state index contributed by atoms with van der Waals surface area (Å²) < 4.78 is 15.8. The van der Waals surface area contributed by atoms with Crippen LogP contribution < -0.4 is 9.47 Å². The maximum atomic E-state index is 12.2. The van der Waals surface area contributed by atoms with Gasteiger partial charge in [-0.25, -0.2) is 4.79 Å². The number of nitro groups is 1. The number of hydrogen-bond acceptors (Lipinski definition) is 7. The first-order valence-electron chi connectivity index (χ1n) is 7.81. The molecule has 0 aliphatic carbocycles. The molecule has 2 aromatic carbocycles. The number of nitro benzene ring substituents is 1. The van der Waals surface area contributed by atoms with Gasteiger partial charge in [-0.15, -0.1) is 0 Å². The molecule has 1 aliphatic rings. The zero-order chi connectivity index (χ0) is 18.7. The molecule has 1 heterocycles. The van der Waals surface area contributed by atoms with Crippen molar-refractivity contribution in [1.82, 2.24) is 0 Å². The first-order valence-corrected chi connectivity index (χ1v) is 7.81. The van der Waals surface area contributed by atoms with Gasteiger partial charge in [0, 0.05) is 17.2 Å². The topological polar surface area (TPSA) is 105 Å². The maximum absolute atomic E-state index is 12.2. The number of ketones is 1. The fraction of sp³-hybridized carbons (Fsp3) is 0.222. The molecule has 134 valence electrons. The number of benzene rings is 2. The monoisotopic (exact) mass is 357 g/mol. The lowest BCUT2D eigenvalue weighted by Gasteiger charge is -2.18. The summed E-state index contributed by atoms with van der Waals surface area (Å²) in [6.45, 7) is 1.92. The number of carbonyl (C=O) groups is 2. The Morgan fingerprint density at radius 1 is 1.08 bits per heavy atom. The van der Waals surface area contributed by atoms with Crippen LogP contribution in [0.25, 0.3) is 0 Å². The molecule has 26 heavy (non-hydrogen) atoms. The van der Waals surface area contributed by atoms with E-state index in [0.717, 1.165) is 6.07 Å². The molecule has 0 bridgehead atoms. The predicted molar refractivity (Wildman–Crippen MR) is 89.9 cm³/mol. The van der Waals surface area contributed by atoms with Crippen molar-refractivity contribution in [2.75, 3.05) is 19.8 Å². The van der Waals surface area contributed by atoms with Crippen LogP contribution in [0.15, 0.2) is 36.4 Å². The first-order chi connectivity index (χ1) is 12.5. The number of esters is 1. The second-order valence-corrected chi connectivity index (χ2v) is 5.62. The van der Waals surface area contributed by atoms with Gasteiger partial charge in [-0.1, -0.05) is 6.07 Å². The maximum Gasteiger partial charge on any atom is 0.338 e. The number of fused-ring (bicyclic) bond motifs is 1. The Labute approximate surface area is 148 Å². The second kappa shape index (κ2) is 7.22. The van der Waals surface area contributed by atoms with Crippen LogP contribution in [0.3, 0.4) is 0 Å². The average Bonchev–Trinajstić information content (AvgIpc) is 2.65. The molecule has 0 fully saturated rings. The third-order valence-corrected chi connectivity index (χ3v) is 3.84. The van der Waals surface area contributed by atoms with Gasteiger partial charge in [0.25, 0.3) is 5.69 Å². The summed E-state index contributed by atoms with van der Waals surface area (Å²) in [5.41, 5.74) is 0.575. The molecule has 0 aromatic heterocycles. The zero-order valence-corrected chi connectivity index (χ0v) is 13.9. The fourth-order valence-corrected chi connectivity index (χ4v) is 2.45. The molecule has 0 spiro atoms. The van der Waals surface area contributed by atoms with Crippen molar-refractivity contribution in [3.8, 4) is 11.5 Å². The Hall–Kier alpha value is -3.42. The van der Waals surface area contributed by atoms with E-state index in [2.05, 4.69) is 0 Å². The average molecular weight is 357 g/mol. The van der Waals surface area contributed by atoms with Crippen molar-refractivity contribution < 1.29 is 28.7 Å². The van der Waals surface area contributed by atoms with Gasteiger partial charge in [-0.2, -0.15) is 0 Å². The third-order valence-electron chi connectivity index (χ3n) is 3.84. The first kappa shape index (κ1) is 17.4. The largest absolute Gasteiger partial charge is 0.486 e. The van der Waals surface area contributed by atoms with E-state index in [-0.39, 0.29) is 11.3 Å². The lowest BCUT2D eigenvalue weighted by atomic mass is 10.1. The Balaban J connectivity index is 1.67. The second-order valence-electron chi connectivity index (χ2n) is 5.62. The van der Waals surface area contributed by atoms with E-state index in [1.165, 1.54) is 18.2 Å². The Kier molecular flexibility index (Phi) is 4.83. The number of rotatable bonds is 5. The van der Waals surface area contributed by atoms with Gasteiger partial charge in [0.05, 0.1) is 10.5 Å². The van der Waals surface area contributed by atoms with E-state index in [1.54, 1.807) is 19.1 Å². The summed E-state index contributed by atoms with van der Waals surface area (Å²) in [6, 6.07) is 8.71. The molecule has 0 radical (unpaired) electrons. The molecular formula is C18H15NO7. The van der Waals surface area contributed by atoms with Crippen molar-refractivity contribution in [3.05, 3.63) is 63.2 Å². The molecular weight excluding hydrogens is 342 g/mol. The molecule has 1 aliphatic heterocycles. The van der Waals surface area contributed by atoms with E-state index in [0.29, 0.717) is 35.8 Å². The Morgan fingerprint density at radius 3 is 2.50 bits per heavy atom. The van der Waals surface area contributed by atoms with Crippen LogP contribution in [-0.2, 0) is 4.74 Å². The standard InChI is InChI=1S/C18H15NO7/c1-11-2-3-13(8-14(11)19(22)23)18(21)26-10-15(20)12-4-5-16-17(9-12)25-7-6-24-16/h2-5,8-9H,6-7,10H2,1H3. The Bertz CT molecular complexity index is 891. The van der Waals surface area contributed by atoms with Crippen molar-refractivity contribution >= 4 is 17.4 Å². The van der Waals surface area contributed by atoms with E-state index < -0.39 is 23.3 Å². The van der Waals surface area contributed by atoms with Crippen LogP contribution in [0.2, 0.25) is 0 Å². The van der Waals surface area contributed by atoms with Crippen LogP contribution in [0.4, 0.5) is 5.69 Å². The lowest BCUT2D eigenvalue weighted by molar-refractivity contribution is -0.385. The number of nitrogens with zero attached hydrogens (tertiary/aromatic N) is 1. The molecule has 0 atom stereocenters. The van der Waals surface area contributed by atoms with Crippen molar-refractivity contribution in [1.29, 1.82) is 0 Å². The smallest absolute Gasteiger partial charge is 0.338 e. The molecule has 0 saturated carbocycles. The summed E-state index contributed by atoms with van der Waals surface area (Å²) in [5, 5.41) is 10.9. The lowest BCUT2D eigenvalue weighted by Crippen LogP contribution is -2.17. The highest BCUT2D eigenvalue weighted by atomic mass is 16.6. The molecule has 0 unspecified atom stereocenters. The van der Waals surface area contributed by atoms with Gasteiger partial charge in [0.15, 0.2) is 23.9 Å². The number of aryl methyl sites for hydroxylation is 1. The molecule has 8 heteroatoms. The van der Waals surface area contributed by atoms with Crippen LogP contribution in [0.5, 0.6) is 11.5 Å². The zero-order valence-electron chi connectivity index (χ0n) is 13.9. The highest BCUT2D eigenvalue weighted by molar-refractivity contribution is 6.00. The van der Waals surface area contributed by atoms with Crippen LogP contribution in [-0.4, -0.2) is 36.5 Å². The molecule has 0 N–H and O–H groups in total. The van der Waals surface area contributed by atoms with Crippen molar-refractivity contribution in [2.24, 2.45) is 0 Å². The van der Waals surface area contributed by atoms with E-state index in [1.807, 2.05) is 0 Å². The van der Waals surface area contributed by atoms with Crippen LogP contribution >= 0.6 is 0 Å². The molecule has 2 aromatic rings. The van der Waals surface area contributed by atoms with Crippen molar-refractivity contribution in [3.63, 3.8) is 0 Å². The minimum absolute atomic E-state index is 0.0114. The van der Waals surface area contributed by atoms with Crippen LogP contribution in [0.1, 0.15) is 26.3 Å². The van der Waals surface area contributed by atoms with E-state index in [4.69, 9.17) is 14.2 Å². The highest BCUT2D eigenvalue weighted by Gasteiger charge is 2.19. The molecule has 3 rings (SSSR count). The minimum Gasteiger partial charge on any atom is -0.486 e. The van der Waals surface area contributed by atoms with Gasteiger partial charge in [-0.3, -0.25) is 14.9 Å². The summed E-state index contributed by atoms with van der Waals surface area (Å²) in [4.78, 5) is 34.6. The fourth-order valence-electron chi connectivity index (χ4n) is 2.45. The quantitative estimate of drug-likeness (QED) is 0.350. The van der Waals surface area contributed by atoms with Gasteiger partial charge < -0.3 is 14.2 Å². The molecule has 0 saturated heterocycles. The summed E-state index contributed by atoms with van der Waals surface area (Å²) in [5.74, 6) is -0.213. The SMILES string of the molecule is Cc1ccc(C(=O)OCC(=O)c2ccc3c(c2)OCCO3)cc1[N+](=O)[O-]. The number of Topliss-reactive ketones (excluding diaryl/α,β-unsaturated/α-hetero) is 1. The third kappa shape index (κ3) is 3.64. The van der Waals surface area contributed by atoms with Gasteiger partial charge in [-0.05, 0) is 31.2 Å². The minimum atomic E-state index is -0.806. The van der Waals surface area contributed by atoms with Gasteiger partial charge in [0.2, 0.25) is 0 Å². The van der Waals surface area contributed by atoms with E-state index >= 15 is 0 Å². The van der Waals surface area contributed by atoms with E-state index in [9.17, 15) is 19.7 Å². The highest BCUT2D eigenvalue weighted by Crippen LogP contribution is 2.30. The van der Waals surface area contributed by atoms with Crippen molar-refractivity contribution in [2.45, 2.75) is 6.92 Å². The number of ether oxygens (including phenoxy) is 3. The number of hydrogen-bond donors (Lipinski definition) is 0. The summed E-state index contributed by atoms with van der Waals surface area (Å²) in [6.07, 6.45) is 0. The van der Waals surface area contributed by atoms with Crippen LogP contribution in [0, 0.1) is 17.0 Å². The molecule has 0 amide bonds. The summed E-state index contributed by atoms with van der Waals surface area (Å²) in [7, 11) is 0. The normalized spacial score (nSPS) is 12.3. The number of carbonyl (C=O) groups excluding carboxylic acids is 2. The van der Waals surface area contributed by atoms with Gasteiger partial charge in [0.1, 0.15) is 13.2 Å². The predicted octanol–water partition coefficient (Wildman–Crippen LogP) is 2.71. The van der Waals surface area contributed by atoms with Gasteiger partial charge >= 0.3 is 5.97 Å².